The van der Waals surface area contributed by atoms with E-state index in [-0.39, 0.29) is 43.3 Å². The average Bonchev–Trinajstić information content (AvgIpc) is 2.60. The molecule has 0 saturated heterocycles. The Morgan fingerprint density at radius 1 is 0.852 bits per heavy atom. The molecule has 0 aliphatic heterocycles. The van der Waals surface area contributed by atoms with Gasteiger partial charge in [0.05, 0.1) is 0 Å². The largest absolute Gasteiger partial charge is 1.00 e. The Morgan fingerprint density at radius 2 is 1.37 bits per heavy atom. The van der Waals surface area contributed by atoms with Gasteiger partial charge in [0.2, 0.25) is 5.69 Å². The Balaban J connectivity index is 0.00000182. The quantitative estimate of drug-likeness (QED) is 0.323. The number of pyridine rings is 2. The third-order valence-electron chi connectivity index (χ3n) is 3.83. The Bertz CT molecular complexity index is 919. The molecular formula is C18H18Cl2FN2O3P. The van der Waals surface area contributed by atoms with Gasteiger partial charge in [-0.3, -0.25) is 4.57 Å². The van der Waals surface area contributed by atoms with Gasteiger partial charge in [0.1, 0.15) is 6.16 Å². The highest BCUT2D eigenvalue weighted by molar-refractivity contribution is 7.51. The summed E-state index contributed by atoms with van der Waals surface area (Å²) in [5, 5.41) is 0. The third-order valence-corrected chi connectivity index (χ3v) is 4.62. The molecular weight excluding hydrogens is 413 g/mol. The number of rotatable bonds is 5. The molecule has 0 aliphatic rings. The summed E-state index contributed by atoms with van der Waals surface area (Å²) in [7, 11) is -3.99. The van der Waals surface area contributed by atoms with Gasteiger partial charge < -0.3 is 34.6 Å². The van der Waals surface area contributed by atoms with E-state index in [0.29, 0.717) is 5.69 Å². The lowest BCUT2D eigenvalue weighted by Crippen LogP contribution is -3.00. The molecule has 2 aromatic heterocycles. The molecule has 0 spiro atoms. The van der Waals surface area contributed by atoms with Crippen molar-refractivity contribution in [3.05, 3.63) is 79.1 Å². The Labute approximate surface area is 169 Å². The number of para-hydroxylation sites is 1. The van der Waals surface area contributed by atoms with Gasteiger partial charge in [-0.15, -0.1) is 0 Å². The van der Waals surface area contributed by atoms with Crippen LogP contribution in [0.15, 0.2) is 73.3 Å². The van der Waals surface area contributed by atoms with E-state index in [2.05, 4.69) is 0 Å². The molecule has 1 aromatic carbocycles. The number of halogens is 3. The SMILES string of the molecule is O=P(O)(O)CC[n+]1ccc(-c2cc[n+](-c3ccccc3F)cc2)cc1.[Cl-].[Cl-]. The number of benzene rings is 1. The van der Waals surface area contributed by atoms with Crippen LogP contribution in [0.4, 0.5) is 4.39 Å². The van der Waals surface area contributed by atoms with Crippen molar-refractivity contribution in [2.24, 2.45) is 0 Å². The average molecular weight is 431 g/mol. The van der Waals surface area contributed by atoms with Crippen LogP contribution >= 0.6 is 7.60 Å². The fourth-order valence-electron chi connectivity index (χ4n) is 2.49. The summed E-state index contributed by atoms with van der Waals surface area (Å²) in [6.45, 7) is 0.257. The van der Waals surface area contributed by atoms with Crippen molar-refractivity contribution >= 4 is 7.60 Å². The van der Waals surface area contributed by atoms with Crippen LogP contribution in [0.25, 0.3) is 16.8 Å². The number of nitrogens with zero attached hydrogens (tertiary/aromatic N) is 2. The molecule has 3 rings (SSSR count). The second-order valence-corrected chi connectivity index (χ2v) is 7.44. The van der Waals surface area contributed by atoms with E-state index in [4.69, 9.17) is 9.79 Å². The van der Waals surface area contributed by atoms with Gasteiger partial charge in [-0.25, -0.2) is 4.57 Å². The van der Waals surface area contributed by atoms with E-state index < -0.39 is 7.60 Å². The lowest BCUT2D eigenvalue weighted by atomic mass is 10.1. The molecule has 0 radical (unpaired) electrons. The fourth-order valence-corrected chi connectivity index (χ4v) is 2.98. The van der Waals surface area contributed by atoms with Crippen molar-refractivity contribution in [3.8, 4) is 16.8 Å². The number of hydrogen-bond acceptors (Lipinski definition) is 1. The van der Waals surface area contributed by atoms with Crippen molar-refractivity contribution in [2.45, 2.75) is 6.54 Å². The summed E-state index contributed by atoms with van der Waals surface area (Å²) in [5.74, 6) is -0.286. The first-order valence-electron chi connectivity index (χ1n) is 7.73. The zero-order chi connectivity index (χ0) is 17.9. The van der Waals surface area contributed by atoms with Crippen LogP contribution in [0, 0.1) is 5.82 Å². The van der Waals surface area contributed by atoms with E-state index in [1.807, 2.05) is 24.3 Å². The van der Waals surface area contributed by atoms with Crippen LogP contribution in [-0.2, 0) is 11.1 Å². The minimum Gasteiger partial charge on any atom is -1.00 e. The highest BCUT2D eigenvalue weighted by atomic mass is 35.5. The second-order valence-electron chi connectivity index (χ2n) is 5.66. The molecule has 0 unspecified atom stereocenters. The van der Waals surface area contributed by atoms with Gasteiger partial charge >= 0.3 is 7.60 Å². The topological polar surface area (TPSA) is 65.3 Å². The summed E-state index contributed by atoms with van der Waals surface area (Å²) in [6, 6.07) is 14.1. The van der Waals surface area contributed by atoms with Crippen LogP contribution in [-0.4, -0.2) is 15.9 Å². The maximum Gasteiger partial charge on any atom is 0.331 e. The highest BCUT2D eigenvalue weighted by Crippen LogP contribution is 2.33. The monoisotopic (exact) mass is 430 g/mol. The summed E-state index contributed by atoms with van der Waals surface area (Å²) < 4.78 is 28.2. The zero-order valence-electron chi connectivity index (χ0n) is 14.1. The van der Waals surface area contributed by atoms with Crippen LogP contribution in [0.1, 0.15) is 0 Å². The first-order chi connectivity index (χ1) is 11.9. The molecule has 0 fully saturated rings. The molecule has 0 saturated carbocycles. The van der Waals surface area contributed by atoms with Crippen LogP contribution in [0.2, 0.25) is 0 Å². The maximum absolute atomic E-state index is 13.8. The third kappa shape index (κ3) is 6.38. The number of aromatic nitrogens is 2. The molecule has 5 nitrogen and oxygen atoms in total. The Morgan fingerprint density at radius 3 is 1.89 bits per heavy atom. The molecule has 2 N–H and O–H groups in total. The van der Waals surface area contributed by atoms with Crippen molar-refractivity contribution in [1.82, 2.24) is 0 Å². The molecule has 2 heterocycles. The van der Waals surface area contributed by atoms with E-state index in [1.54, 1.807) is 52.1 Å². The van der Waals surface area contributed by atoms with Gasteiger partial charge in [-0.1, -0.05) is 12.1 Å². The molecule has 3 aromatic rings. The number of aryl methyl sites for hydroxylation is 1. The summed E-state index contributed by atoms with van der Waals surface area (Å²) in [6.07, 6.45) is 6.96. The minimum atomic E-state index is -3.99. The smallest absolute Gasteiger partial charge is 0.331 e. The number of hydrogen-bond donors (Lipinski definition) is 2. The Kier molecular flexibility index (Phi) is 8.54. The van der Waals surface area contributed by atoms with Gasteiger partial charge in [0, 0.05) is 30.3 Å². The van der Waals surface area contributed by atoms with Crippen molar-refractivity contribution in [1.29, 1.82) is 0 Å². The van der Waals surface area contributed by atoms with E-state index in [0.717, 1.165) is 11.1 Å². The predicted octanol–water partition coefficient (Wildman–Crippen LogP) is -3.76. The summed E-state index contributed by atoms with van der Waals surface area (Å²) in [5.41, 5.74) is 2.42. The first-order valence-corrected chi connectivity index (χ1v) is 9.52. The summed E-state index contributed by atoms with van der Waals surface area (Å²) >= 11 is 0. The molecule has 0 atom stereocenters. The van der Waals surface area contributed by atoms with Gasteiger partial charge in [-0.05, 0) is 17.2 Å². The maximum atomic E-state index is 13.8. The van der Waals surface area contributed by atoms with E-state index in [9.17, 15) is 8.96 Å². The summed E-state index contributed by atoms with van der Waals surface area (Å²) in [4.78, 5) is 17.8. The molecule has 0 bridgehead atoms. The zero-order valence-corrected chi connectivity index (χ0v) is 16.5. The molecule has 27 heavy (non-hydrogen) atoms. The first kappa shape index (κ1) is 23.2. The van der Waals surface area contributed by atoms with Crippen LogP contribution in [0.5, 0.6) is 0 Å². The van der Waals surface area contributed by atoms with E-state index in [1.165, 1.54) is 6.07 Å². The standard InChI is InChI=1S/C18H16FN2O3P.2ClH/c19-17-3-1-2-4-18(17)21-11-7-16(8-12-21)15-5-9-20(10-6-15)13-14-25(22,23)24;;/h1-12H,13-14H2;2*1H. The second kappa shape index (κ2) is 9.93. The molecule has 0 amide bonds. The van der Waals surface area contributed by atoms with Gasteiger partial charge in [0.15, 0.2) is 37.1 Å². The predicted molar refractivity (Wildman–Crippen MR) is 90.5 cm³/mol. The van der Waals surface area contributed by atoms with Gasteiger partial charge in [-0.2, -0.15) is 8.96 Å². The molecule has 144 valence electrons. The van der Waals surface area contributed by atoms with Crippen molar-refractivity contribution in [2.75, 3.05) is 6.16 Å². The lowest BCUT2D eigenvalue weighted by Gasteiger charge is -2.03. The lowest BCUT2D eigenvalue weighted by molar-refractivity contribution is -0.692. The van der Waals surface area contributed by atoms with E-state index >= 15 is 0 Å². The fraction of sp³-hybridized carbons (Fsp3) is 0.111. The molecule has 9 heteroatoms. The van der Waals surface area contributed by atoms with Crippen LogP contribution < -0.4 is 33.9 Å². The normalized spacial score (nSPS) is 10.6. The van der Waals surface area contributed by atoms with Gasteiger partial charge in [0.25, 0.3) is 0 Å². The van der Waals surface area contributed by atoms with Crippen molar-refractivity contribution in [3.63, 3.8) is 0 Å². The Hall–Kier alpha value is -1.82. The molecule has 0 aliphatic carbocycles. The minimum absolute atomic E-state index is 0. The van der Waals surface area contributed by atoms with Crippen molar-refractivity contribution < 1.29 is 52.7 Å². The van der Waals surface area contributed by atoms with Crippen LogP contribution in [0.3, 0.4) is 0 Å². The highest BCUT2D eigenvalue weighted by Gasteiger charge is 2.16.